The maximum Gasteiger partial charge on any atom is 0.336 e. The van der Waals surface area contributed by atoms with Crippen molar-refractivity contribution in [1.82, 2.24) is 14.1 Å². The third-order valence-electron chi connectivity index (χ3n) is 3.73. The van der Waals surface area contributed by atoms with Gasteiger partial charge in [0.1, 0.15) is 11.6 Å². The Morgan fingerprint density at radius 1 is 1.12 bits per heavy atom. The Morgan fingerprint density at radius 2 is 1.83 bits per heavy atom. The summed E-state index contributed by atoms with van der Waals surface area (Å²) in [6, 6.07) is 9.46. The number of fused-ring (bicyclic) bond motifs is 1. The van der Waals surface area contributed by atoms with E-state index in [1.807, 2.05) is 0 Å². The molecule has 0 saturated heterocycles. The molecule has 0 aliphatic heterocycles. The molecule has 0 saturated carbocycles. The van der Waals surface area contributed by atoms with Crippen LogP contribution in [0.4, 0.5) is 11.6 Å². The lowest BCUT2D eigenvalue weighted by atomic mass is 10.1. The molecule has 0 unspecified atom stereocenters. The highest BCUT2D eigenvalue weighted by atomic mass is 16.4. The Hall–Kier alpha value is -3.42. The number of aromatic carboxylic acids is 1. The SMILES string of the molecule is Cn1c(Nc2cc(C(=O)O)c3ccccc3n2)cc(=O)n(C)c1=O. The molecule has 24 heavy (non-hydrogen) atoms. The lowest BCUT2D eigenvalue weighted by Crippen LogP contribution is -2.37. The lowest BCUT2D eigenvalue weighted by Gasteiger charge is -2.12. The number of carbonyl (C=O) groups is 1. The summed E-state index contributed by atoms with van der Waals surface area (Å²) in [6.45, 7) is 0. The summed E-state index contributed by atoms with van der Waals surface area (Å²) >= 11 is 0. The van der Waals surface area contributed by atoms with Gasteiger partial charge in [0.05, 0.1) is 11.1 Å². The molecule has 8 heteroatoms. The van der Waals surface area contributed by atoms with E-state index >= 15 is 0 Å². The minimum atomic E-state index is -1.09. The number of benzene rings is 1. The average molecular weight is 326 g/mol. The van der Waals surface area contributed by atoms with E-state index in [2.05, 4.69) is 10.3 Å². The number of rotatable bonds is 3. The number of aromatic nitrogens is 3. The first-order valence-electron chi connectivity index (χ1n) is 7.05. The van der Waals surface area contributed by atoms with Crippen LogP contribution < -0.4 is 16.6 Å². The van der Waals surface area contributed by atoms with Gasteiger partial charge in [-0.3, -0.25) is 13.9 Å². The predicted molar refractivity (Wildman–Crippen MR) is 88.9 cm³/mol. The Morgan fingerprint density at radius 3 is 2.54 bits per heavy atom. The fraction of sp³-hybridized carbons (Fsp3) is 0.125. The van der Waals surface area contributed by atoms with E-state index in [0.29, 0.717) is 10.9 Å². The zero-order valence-electron chi connectivity index (χ0n) is 13.0. The highest BCUT2D eigenvalue weighted by Gasteiger charge is 2.13. The molecular formula is C16H14N4O4. The van der Waals surface area contributed by atoms with Crippen molar-refractivity contribution in [3.8, 4) is 0 Å². The van der Waals surface area contributed by atoms with E-state index < -0.39 is 17.2 Å². The van der Waals surface area contributed by atoms with Crippen LogP contribution in [0.1, 0.15) is 10.4 Å². The monoisotopic (exact) mass is 326 g/mol. The number of hydrogen-bond donors (Lipinski definition) is 2. The van der Waals surface area contributed by atoms with E-state index in [1.165, 1.54) is 30.8 Å². The topological polar surface area (TPSA) is 106 Å². The van der Waals surface area contributed by atoms with Gasteiger partial charge in [0.25, 0.3) is 5.56 Å². The smallest absolute Gasteiger partial charge is 0.336 e. The lowest BCUT2D eigenvalue weighted by molar-refractivity contribution is 0.0699. The third kappa shape index (κ3) is 2.54. The van der Waals surface area contributed by atoms with Crippen LogP contribution in [0.5, 0.6) is 0 Å². The van der Waals surface area contributed by atoms with Gasteiger partial charge < -0.3 is 10.4 Å². The van der Waals surface area contributed by atoms with Crippen molar-refractivity contribution in [1.29, 1.82) is 0 Å². The normalized spacial score (nSPS) is 10.8. The molecule has 1 aromatic carbocycles. The second kappa shape index (κ2) is 5.65. The summed E-state index contributed by atoms with van der Waals surface area (Å²) in [6.07, 6.45) is 0. The Kier molecular flexibility index (Phi) is 3.64. The first kappa shape index (κ1) is 15.5. The van der Waals surface area contributed by atoms with Crippen molar-refractivity contribution in [3.05, 3.63) is 62.8 Å². The second-order valence-corrected chi connectivity index (χ2v) is 5.27. The number of carboxylic acid groups (broad SMARTS) is 1. The van der Waals surface area contributed by atoms with Gasteiger partial charge in [0.15, 0.2) is 0 Å². The first-order valence-corrected chi connectivity index (χ1v) is 7.05. The van der Waals surface area contributed by atoms with E-state index in [-0.39, 0.29) is 17.2 Å². The van der Waals surface area contributed by atoms with Gasteiger partial charge in [0, 0.05) is 25.5 Å². The highest BCUT2D eigenvalue weighted by Crippen LogP contribution is 2.22. The zero-order chi connectivity index (χ0) is 17.4. The van der Waals surface area contributed by atoms with Crippen molar-refractivity contribution in [2.45, 2.75) is 0 Å². The van der Waals surface area contributed by atoms with Crippen LogP contribution in [0, 0.1) is 0 Å². The summed E-state index contributed by atoms with van der Waals surface area (Å²) < 4.78 is 2.22. The summed E-state index contributed by atoms with van der Waals surface area (Å²) in [5.41, 5.74) is -0.394. The standard InChI is InChI=1S/C16H14N4O4/c1-19-13(8-14(21)20(2)16(19)24)18-12-7-10(15(22)23)9-5-3-4-6-11(9)17-12/h3-8H,1-2H3,(H,17,18)(H,22,23). The van der Waals surface area contributed by atoms with Gasteiger partial charge in [0.2, 0.25) is 0 Å². The molecule has 3 aromatic rings. The van der Waals surface area contributed by atoms with E-state index in [1.54, 1.807) is 24.3 Å². The van der Waals surface area contributed by atoms with Gasteiger partial charge >= 0.3 is 11.7 Å². The van der Waals surface area contributed by atoms with Crippen LogP contribution in [-0.4, -0.2) is 25.2 Å². The number of nitrogens with zero attached hydrogens (tertiary/aromatic N) is 3. The highest BCUT2D eigenvalue weighted by molar-refractivity contribution is 6.03. The van der Waals surface area contributed by atoms with Crippen molar-refractivity contribution >= 4 is 28.5 Å². The molecule has 0 aliphatic rings. The van der Waals surface area contributed by atoms with Crippen molar-refractivity contribution in [3.63, 3.8) is 0 Å². The molecule has 0 fully saturated rings. The molecule has 2 heterocycles. The maximum absolute atomic E-state index is 12.0. The molecule has 0 amide bonds. The number of anilines is 2. The molecule has 3 rings (SSSR count). The molecule has 0 aliphatic carbocycles. The van der Waals surface area contributed by atoms with Crippen molar-refractivity contribution < 1.29 is 9.90 Å². The number of nitrogens with one attached hydrogen (secondary N) is 1. The quantitative estimate of drug-likeness (QED) is 0.746. The number of hydrogen-bond acceptors (Lipinski definition) is 5. The van der Waals surface area contributed by atoms with Crippen molar-refractivity contribution in [2.75, 3.05) is 5.32 Å². The van der Waals surface area contributed by atoms with Crippen molar-refractivity contribution in [2.24, 2.45) is 14.1 Å². The van der Waals surface area contributed by atoms with Gasteiger partial charge in [-0.1, -0.05) is 18.2 Å². The summed E-state index contributed by atoms with van der Waals surface area (Å²) in [4.78, 5) is 39.6. The van der Waals surface area contributed by atoms with Crippen LogP contribution in [0.3, 0.4) is 0 Å². The molecule has 2 N–H and O–H groups in total. The summed E-state index contributed by atoms with van der Waals surface area (Å²) in [7, 11) is 2.88. The van der Waals surface area contributed by atoms with Crippen LogP contribution in [-0.2, 0) is 14.1 Å². The zero-order valence-corrected chi connectivity index (χ0v) is 13.0. The average Bonchev–Trinajstić information content (AvgIpc) is 2.57. The minimum absolute atomic E-state index is 0.0805. The molecule has 0 atom stereocenters. The number of pyridine rings is 1. The van der Waals surface area contributed by atoms with E-state index in [4.69, 9.17) is 0 Å². The molecule has 0 spiro atoms. The third-order valence-corrected chi connectivity index (χ3v) is 3.73. The van der Waals surface area contributed by atoms with Gasteiger partial charge in [-0.25, -0.2) is 14.6 Å². The van der Waals surface area contributed by atoms with Gasteiger partial charge in [-0.15, -0.1) is 0 Å². The van der Waals surface area contributed by atoms with Crippen LogP contribution in [0.15, 0.2) is 46.0 Å². The molecule has 0 bridgehead atoms. The van der Waals surface area contributed by atoms with Crippen LogP contribution in [0.2, 0.25) is 0 Å². The molecule has 8 nitrogen and oxygen atoms in total. The van der Waals surface area contributed by atoms with E-state index in [9.17, 15) is 19.5 Å². The van der Waals surface area contributed by atoms with Crippen LogP contribution in [0.25, 0.3) is 10.9 Å². The van der Waals surface area contributed by atoms with E-state index in [0.717, 1.165) is 4.57 Å². The fourth-order valence-corrected chi connectivity index (χ4v) is 2.40. The van der Waals surface area contributed by atoms with Gasteiger partial charge in [-0.2, -0.15) is 0 Å². The summed E-state index contributed by atoms with van der Waals surface area (Å²) in [5, 5.41) is 12.7. The second-order valence-electron chi connectivity index (χ2n) is 5.27. The molecule has 2 aromatic heterocycles. The maximum atomic E-state index is 12.0. The molecular weight excluding hydrogens is 312 g/mol. The number of para-hydroxylation sites is 1. The molecule has 0 radical (unpaired) electrons. The fourth-order valence-electron chi connectivity index (χ4n) is 2.40. The largest absolute Gasteiger partial charge is 0.478 e. The Bertz CT molecular complexity index is 1080. The van der Waals surface area contributed by atoms with Gasteiger partial charge in [-0.05, 0) is 12.1 Å². The van der Waals surface area contributed by atoms with Crippen LogP contribution >= 0.6 is 0 Å². The first-order chi connectivity index (χ1) is 11.4. The number of carboxylic acids is 1. The minimum Gasteiger partial charge on any atom is -0.478 e. The summed E-state index contributed by atoms with van der Waals surface area (Å²) in [5.74, 6) is -0.633. The Balaban J connectivity index is 2.17. The predicted octanol–water partition coefficient (Wildman–Crippen LogP) is 1.07. The molecule has 122 valence electrons. The Labute approximate surface area is 135 Å².